The fourth-order valence-electron chi connectivity index (χ4n) is 4.97. The number of hydrogen-bond acceptors (Lipinski definition) is 5. The van der Waals surface area contributed by atoms with Crippen molar-refractivity contribution >= 4 is 43.5 Å². The molecule has 0 unspecified atom stereocenters. The van der Waals surface area contributed by atoms with Gasteiger partial charge in [0.25, 0.3) is 10.0 Å². The number of hydrogen-bond donors (Lipinski definition) is 1. The Morgan fingerprint density at radius 3 is 2.13 bits per heavy atom. The maximum atomic E-state index is 14.5. The number of nitrogens with zero attached hydrogens (tertiary/aromatic N) is 2. The first-order chi connectivity index (χ1) is 22.2. The predicted octanol–water partition coefficient (Wildman–Crippen LogP) is 6.66. The molecular formula is C36H39BrFN3O5S. The SMILES string of the molecule is COc1ccc(S(=O)(=O)N(CC(=O)N(Cc2ccc(F)cc2)[C@@H](Cc2ccccc2)C(=O)NC(C)(C)C)c2ccc(C)cc2)cc1Br. The molecule has 0 saturated heterocycles. The van der Waals surface area contributed by atoms with E-state index in [1.807, 2.05) is 58.0 Å². The molecule has 1 N–H and O–H groups in total. The van der Waals surface area contributed by atoms with Gasteiger partial charge in [0.1, 0.15) is 24.2 Å². The Labute approximate surface area is 284 Å². The Morgan fingerprint density at radius 2 is 1.55 bits per heavy atom. The van der Waals surface area contributed by atoms with Crippen LogP contribution < -0.4 is 14.4 Å². The second-order valence-corrected chi connectivity index (χ2v) is 15.0. The van der Waals surface area contributed by atoms with E-state index < -0.39 is 45.8 Å². The number of halogens is 2. The van der Waals surface area contributed by atoms with Gasteiger partial charge in [0.15, 0.2) is 0 Å². The molecule has 0 aromatic heterocycles. The molecule has 0 heterocycles. The van der Waals surface area contributed by atoms with E-state index in [0.29, 0.717) is 15.8 Å². The second kappa shape index (κ2) is 15.1. The third-order valence-corrected chi connectivity index (χ3v) is 9.74. The van der Waals surface area contributed by atoms with E-state index >= 15 is 0 Å². The molecule has 0 saturated carbocycles. The van der Waals surface area contributed by atoms with E-state index in [9.17, 15) is 22.4 Å². The predicted molar refractivity (Wildman–Crippen MR) is 185 cm³/mol. The molecule has 4 rings (SSSR count). The molecule has 0 aliphatic heterocycles. The number of sulfonamides is 1. The fraction of sp³-hybridized carbons (Fsp3) is 0.278. The van der Waals surface area contributed by atoms with Crippen molar-refractivity contribution in [2.24, 2.45) is 0 Å². The van der Waals surface area contributed by atoms with Gasteiger partial charge in [0.05, 0.1) is 22.2 Å². The number of amides is 2. The van der Waals surface area contributed by atoms with Crippen LogP contribution in [0.25, 0.3) is 0 Å². The lowest BCUT2D eigenvalue weighted by molar-refractivity contribution is -0.140. The van der Waals surface area contributed by atoms with Gasteiger partial charge < -0.3 is 15.0 Å². The molecule has 0 radical (unpaired) electrons. The van der Waals surface area contributed by atoms with E-state index in [0.717, 1.165) is 15.4 Å². The van der Waals surface area contributed by atoms with Crippen molar-refractivity contribution in [2.75, 3.05) is 18.0 Å². The average molecular weight is 725 g/mol. The lowest BCUT2D eigenvalue weighted by Gasteiger charge is -2.35. The zero-order valence-electron chi connectivity index (χ0n) is 27.0. The van der Waals surface area contributed by atoms with Crippen molar-refractivity contribution in [1.29, 1.82) is 0 Å². The molecule has 11 heteroatoms. The number of benzene rings is 4. The summed E-state index contributed by atoms with van der Waals surface area (Å²) in [7, 11) is -2.83. The van der Waals surface area contributed by atoms with Gasteiger partial charge in [-0.05, 0) is 97.2 Å². The lowest BCUT2D eigenvalue weighted by Crippen LogP contribution is -2.56. The van der Waals surface area contributed by atoms with Crippen LogP contribution in [0, 0.1) is 12.7 Å². The number of aryl methyl sites for hydroxylation is 1. The van der Waals surface area contributed by atoms with E-state index in [1.165, 1.54) is 42.3 Å². The van der Waals surface area contributed by atoms with Crippen LogP contribution in [0.3, 0.4) is 0 Å². The minimum absolute atomic E-state index is 0.0602. The van der Waals surface area contributed by atoms with Gasteiger partial charge in [-0.25, -0.2) is 12.8 Å². The topological polar surface area (TPSA) is 96.0 Å². The summed E-state index contributed by atoms with van der Waals surface area (Å²) < 4.78 is 49.2. The van der Waals surface area contributed by atoms with E-state index in [1.54, 1.807) is 36.4 Å². The highest BCUT2D eigenvalue weighted by atomic mass is 79.9. The molecule has 4 aromatic carbocycles. The van der Waals surface area contributed by atoms with Crippen LogP contribution in [0.2, 0.25) is 0 Å². The Morgan fingerprint density at radius 1 is 0.915 bits per heavy atom. The summed E-state index contributed by atoms with van der Waals surface area (Å²) in [5.41, 5.74) is 1.95. The number of carbonyl (C=O) groups is 2. The van der Waals surface area contributed by atoms with Crippen molar-refractivity contribution in [2.45, 2.75) is 57.1 Å². The molecule has 0 spiro atoms. The van der Waals surface area contributed by atoms with E-state index in [2.05, 4.69) is 21.2 Å². The summed E-state index contributed by atoms with van der Waals surface area (Å²) in [4.78, 5) is 29.8. The van der Waals surface area contributed by atoms with Gasteiger partial charge in [0.2, 0.25) is 11.8 Å². The molecular weight excluding hydrogens is 685 g/mol. The Hall–Kier alpha value is -4.22. The Bertz CT molecular complexity index is 1800. The Kier molecular flexibility index (Phi) is 11.5. The molecule has 248 valence electrons. The van der Waals surface area contributed by atoms with Crippen LogP contribution in [-0.4, -0.2) is 50.4 Å². The summed E-state index contributed by atoms with van der Waals surface area (Å²) in [6, 6.07) is 25.1. The van der Waals surface area contributed by atoms with Crippen molar-refractivity contribution in [1.82, 2.24) is 10.2 Å². The molecule has 2 amide bonds. The maximum absolute atomic E-state index is 14.5. The number of carbonyl (C=O) groups excluding carboxylic acids is 2. The number of ether oxygens (including phenoxy) is 1. The summed E-state index contributed by atoms with van der Waals surface area (Å²) in [5.74, 6) is -1.02. The lowest BCUT2D eigenvalue weighted by atomic mass is 10.0. The minimum atomic E-state index is -4.31. The molecule has 0 aliphatic carbocycles. The third kappa shape index (κ3) is 9.42. The molecule has 8 nitrogen and oxygen atoms in total. The third-order valence-electron chi connectivity index (χ3n) is 7.35. The van der Waals surface area contributed by atoms with Crippen molar-refractivity contribution in [3.8, 4) is 5.75 Å². The number of methoxy groups -OCH3 is 1. The quantitative estimate of drug-likeness (QED) is 0.177. The van der Waals surface area contributed by atoms with Crippen LogP contribution in [0.1, 0.15) is 37.5 Å². The maximum Gasteiger partial charge on any atom is 0.264 e. The van der Waals surface area contributed by atoms with Gasteiger partial charge in [-0.3, -0.25) is 13.9 Å². The standard InChI is InChI=1S/C36H39BrFN3O5S/c1-25-11-17-29(18-12-25)41(47(44,45)30-19-20-33(46-5)31(37)22-30)24-34(42)40(23-27-13-15-28(38)16-14-27)32(35(43)39-36(2,3)4)21-26-9-7-6-8-10-26/h6-20,22,32H,21,23-24H2,1-5H3,(H,39,43)/t32-/m0/s1. The highest BCUT2D eigenvalue weighted by Gasteiger charge is 2.35. The van der Waals surface area contributed by atoms with Crippen molar-refractivity contribution < 1.29 is 27.1 Å². The highest BCUT2D eigenvalue weighted by molar-refractivity contribution is 9.10. The first kappa shape index (κ1) is 35.6. The number of anilines is 1. The molecule has 0 bridgehead atoms. The summed E-state index contributed by atoms with van der Waals surface area (Å²) in [5, 5.41) is 2.99. The largest absolute Gasteiger partial charge is 0.496 e. The zero-order valence-corrected chi connectivity index (χ0v) is 29.4. The molecule has 1 atom stereocenters. The first-order valence-electron chi connectivity index (χ1n) is 15.0. The number of nitrogens with one attached hydrogen (secondary N) is 1. The van der Waals surface area contributed by atoms with Gasteiger partial charge in [0, 0.05) is 18.5 Å². The van der Waals surface area contributed by atoms with Crippen LogP contribution in [0.5, 0.6) is 5.75 Å². The van der Waals surface area contributed by atoms with Crippen LogP contribution in [-0.2, 0) is 32.6 Å². The van der Waals surface area contributed by atoms with E-state index in [4.69, 9.17) is 4.74 Å². The zero-order chi connectivity index (χ0) is 34.4. The normalized spacial score (nSPS) is 12.2. The van der Waals surface area contributed by atoms with Crippen LogP contribution in [0.15, 0.2) is 106 Å². The van der Waals surface area contributed by atoms with Crippen LogP contribution >= 0.6 is 15.9 Å². The average Bonchev–Trinajstić information content (AvgIpc) is 3.02. The molecule has 0 fully saturated rings. The Balaban J connectivity index is 1.82. The summed E-state index contributed by atoms with van der Waals surface area (Å²) in [6.07, 6.45) is 0.165. The van der Waals surface area contributed by atoms with Crippen molar-refractivity contribution in [3.05, 3.63) is 124 Å². The monoisotopic (exact) mass is 723 g/mol. The minimum Gasteiger partial charge on any atom is -0.496 e. The summed E-state index contributed by atoms with van der Waals surface area (Å²) in [6.45, 7) is 6.73. The van der Waals surface area contributed by atoms with Crippen LogP contribution in [0.4, 0.5) is 10.1 Å². The van der Waals surface area contributed by atoms with Gasteiger partial charge in [-0.15, -0.1) is 0 Å². The van der Waals surface area contributed by atoms with Gasteiger partial charge >= 0.3 is 0 Å². The highest BCUT2D eigenvalue weighted by Crippen LogP contribution is 2.31. The first-order valence-corrected chi connectivity index (χ1v) is 17.2. The smallest absolute Gasteiger partial charge is 0.264 e. The van der Waals surface area contributed by atoms with Gasteiger partial charge in [-0.2, -0.15) is 0 Å². The van der Waals surface area contributed by atoms with Crippen molar-refractivity contribution in [3.63, 3.8) is 0 Å². The molecule has 47 heavy (non-hydrogen) atoms. The summed E-state index contributed by atoms with van der Waals surface area (Å²) >= 11 is 3.37. The fourth-order valence-corrected chi connectivity index (χ4v) is 7.10. The molecule has 0 aliphatic rings. The molecule has 4 aromatic rings. The number of rotatable bonds is 12. The van der Waals surface area contributed by atoms with E-state index in [-0.39, 0.29) is 23.5 Å². The van der Waals surface area contributed by atoms with Gasteiger partial charge in [-0.1, -0.05) is 60.2 Å². The second-order valence-electron chi connectivity index (χ2n) is 12.2.